The maximum Gasteiger partial charge on any atom is 0.409 e. The van der Waals surface area contributed by atoms with E-state index in [1.807, 2.05) is 4.90 Å². The summed E-state index contributed by atoms with van der Waals surface area (Å²) in [4.78, 5) is 27.5. The highest BCUT2D eigenvalue weighted by Gasteiger charge is 2.29. The molecule has 1 N–H and O–H groups in total. The highest BCUT2D eigenvalue weighted by molar-refractivity contribution is 5.85. The normalized spacial score (nSPS) is 20.2. The minimum absolute atomic E-state index is 0. The molecule has 2 aliphatic heterocycles. The number of ether oxygens (including phenoxy) is 1. The van der Waals surface area contributed by atoms with Gasteiger partial charge in [-0.05, 0) is 32.9 Å². The van der Waals surface area contributed by atoms with Gasteiger partial charge in [0.05, 0.1) is 6.61 Å². The van der Waals surface area contributed by atoms with Gasteiger partial charge in [0.2, 0.25) is 5.91 Å². The third-order valence-electron chi connectivity index (χ3n) is 3.81. The Hall–Kier alpha value is -1.01. The Labute approximate surface area is 126 Å². The molecule has 20 heavy (non-hydrogen) atoms. The van der Waals surface area contributed by atoms with E-state index in [1.165, 1.54) is 0 Å². The van der Waals surface area contributed by atoms with Gasteiger partial charge in [-0.1, -0.05) is 0 Å². The summed E-state index contributed by atoms with van der Waals surface area (Å²) in [6.07, 6.45) is 1.59. The Kier molecular flexibility index (Phi) is 7.09. The van der Waals surface area contributed by atoms with Crippen LogP contribution in [-0.2, 0) is 9.53 Å². The number of piperazine rings is 1. The van der Waals surface area contributed by atoms with Crippen molar-refractivity contribution in [3.8, 4) is 0 Å². The first-order chi connectivity index (χ1) is 9.22. The number of nitrogens with one attached hydrogen (secondary N) is 1. The summed E-state index contributed by atoms with van der Waals surface area (Å²) in [6, 6.07) is 0. The first kappa shape index (κ1) is 17.0. The molecule has 0 unspecified atom stereocenters. The van der Waals surface area contributed by atoms with Gasteiger partial charge in [0.25, 0.3) is 0 Å². The number of hydrogen-bond donors (Lipinski definition) is 1. The van der Waals surface area contributed by atoms with Crippen molar-refractivity contribution in [3.05, 3.63) is 0 Å². The third-order valence-corrected chi connectivity index (χ3v) is 3.81. The number of amides is 2. The van der Waals surface area contributed by atoms with Crippen LogP contribution in [0.25, 0.3) is 0 Å². The Bertz CT molecular complexity index is 327. The van der Waals surface area contributed by atoms with E-state index in [2.05, 4.69) is 5.32 Å². The van der Waals surface area contributed by atoms with E-state index in [9.17, 15) is 9.59 Å². The lowest BCUT2D eigenvalue weighted by Gasteiger charge is -2.36. The van der Waals surface area contributed by atoms with E-state index in [4.69, 9.17) is 4.74 Å². The highest BCUT2D eigenvalue weighted by atomic mass is 35.5. The minimum Gasteiger partial charge on any atom is -0.450 e. The molecule has 2 amide bonds. The van der Waals surface area contributed by atoms with Crippen LogP contribution in [0.2, 0.25) is 0 Å². The second kappa shape index (κ2) is 8.32. The van der Waals surface area contributed by atoms with Crippen molar-refractivity contribution in [3.63, 3.8) is 0 Å². The van der Waals surface area contributed by atoms with Crippen LogP contribution >= 0.6 is 12.4 Å². The fraction of sp³-hybridized carbons (Fsp3) is 0.846. The molecule has 0 saturated carbocycles. The Morgan fingerprint density at radius 1 is 1.10 bits per heavy atom. The summed E-state index contributed by atoms with van der Waals surface area (Å²) in [5.74, 6) is 0.417. The van der Waals surface area contributed by atoms with Crippen molar-refractivity contribution in [2.24, 2.45) is 5.92 Å². The van der Waals surface area contributed by atoms with Gasteiger partial charge in [-0.15, -0.1) is 12.4 Å². The van der Waals surface area contributed by atoms with E-state index >= 15 is 0 Å². The fourth-order valence-corrected chi connectivity index (χ4v) is 2.65. The summed E-state index contributed by atoms with van der Waals surface area (Å²) in [6.45, 7) is 6.47. The predicted octanol–water partition coefficient (Wildman–Crippen LogP) is 0.708. The van der Waals surface area contributed by atoms with Gasteiger partial charge in [-0.25, -0.2) is 4.79 Å². The highest BCUT2D eigenvalue weighted by Crippen LogP contribution is 2.16. The van der Waals surface area contributed by atoms with Crippen LogP contribution in [0, 0.1) is 5.92 Å². The monoisotopic (exact) mass is 305 g/mol. The molecule has 0 aromatic carbocycles. The van der Waals surface area contributed by atoms with Gasteiger partial charge < -0.3 is 19.9 Å². The smallest absolute Gasteiger partial charge is 0.409 e. The van der Waals surface area contributed by atoms with Crippen LogP contribution in [0.15, 0.2) is 0 Å². The number of piperidine rings is 1. The SMILES string of the molecule is CCOC(=O)N1CCN(C(=O)C2CCNCC2)CC1.Cl. The van der Waals surface area contributed by atoms with Gasteiger partial charge in [-0.2, -0.15) is 0 Å². The summed E-state index contributed by atoms with van der Waals surface area (Å²) >= 11 is 0. The van der Waals surface area contributed by atoms with Crippen LogP contribution in [0.5, 0.6) is 0 Å². The summed E-state index contributed by atoms with van der Waals surface area (Å²) in [7, 11) is 0. The lowest BCUT2D eigenvalue weighted by atomic mass is 9.96. The maximum atomic E-state index is 12.3. The van der Waals surface area contributed by atoms with E-state index in [1.54, 1.807) is 11.8 Å². The van der Waals surface area contributed by atoms with E-state index in [0.29, 0.717) is 32.8 Å². The van der Waals surface area contributed by atoms with Crippen molar-refractivity contribution in [1.82, 2.24) is 15.1 Å². The number of carbonyl (C=O) groups excluding carboxylic acids is 2. The average molecular weight is 306 g/mol. The molecule has 0 bridgehead atoms. The molecule has 0 aliphatic carbocycles. The molecule has 0 aromatic heterocycles. The number of carbonyl (C=O) groups is 2. The van der Waals surface area contributed by atoms with Crippen molar-refractivity contribution in [1.29, 1.82) is 0 Å². The Morgan fingerprint density at radius 3 is 2.20 bits per heavy atom. The molecule has 7 heteroatoms. The van der Waals surface area contributed by atoms with Crippen LogP contribution in [0.3, 0.4) is 0 Å². The van der Waals surface area contributed by atoms with Crippen molar-refractivity contribution >= 4 is 24.4 Å². The second-order valence-corrected chi connectivity index (χ2v) is 5.04. The molecule has 2 saturated heterocycles. The van der Waals surface area contributed by atoms with Crippen molar-refractivity contribution in [2.75, 3.05) is 45.9 Å². The molecular weight excluding hydrogens is 282 g/mol. The van der Waals surface area contributed by atoms with Gasteiger partial charge in [0.1, 0.15) is 0 Å². The molecule has 6 nitrogen and oxygen atoms in total. The van der Waals surface area contributed by atoms with Gasteiger partial charge in [-0.3, -0.25) is 4.79 Å². The molecule has 2 fully saturated rings. The van der Waals surface area contributed by atoms with Crippen LogP contribution in [0.4, 0.5) is 4.79 Å². The van der Waals surface area contributed by atoms with Crippen molar-refractivity contribution in [2.45, 2.75) is 19.8 Å². The number of halogens is 1. The molecule has 2 heterocycles. The predicted molar refractivity (Wildman–Crippen MR) is 78.0 cm³/mol. The van der Waals surface area contributed by atoms with E-state index in [0.717, 1.165) is 25.9 Å². The van der Waals surface area contributed by atoms with E-state index < -0.39 is 0 Å². The van der Waals surface area contributed by atoms with Crippen LogP contribution in [-0.4, -0.2) is 67.7 Å². The van der Waals surface area contributed by atoms with Gasteiger partial charge >= 0.3 is 6.09 Å². The Morgan fingerprint density at radius 2 is 1.65 bits per heavy atom. The average Bonchev–Trinajstić information content (AvgIpc) is 2.48. The largest absolute Gasteiger partial charge is 0.450 e. The molecule has 0 atom stereocenters. The number of rotatable bonds is 2. The zero-order chi connectivity index (χ0) is 13.7. The molecule has 0 spiro atoms. The molecular formula is C13H24ClN3O3. The third kappa shape index (κ3) is 4.24. The summed E-state index contributed by atoms with van der Waals surface area (Å²) in [5.41, 5.74) is 0. The zero-order valence-electron chi connectivity index (χ0n) is 12.0. The molecule has 2 aliphatic rings. The minimum atomic E-state index is -0.267. The van der Waals surface area contributed by atoms with Gasteiger partial charge in [0, 0.05) is 32.1 Å². The maximum absolute atomic E-state index is 12.3. The standard InChI is InChI=1S/C13H23N3O3.ClH/c1-2-19-13(18)16-9-7-15(8-10-16)12(17)11-3-5-14-6-4-11;/h11,14H,2-10H2,1H3;1H. The second-order valence-electron chi connectivity index (χ2n) is 5.04. The molecule has 116 valence electrons. The first-order valence-corrected chi connectivity index (χ1v) is 7.13. The summed E-state index contributed by atoms with van der Waals surface area (Å²) in [5, 5.41) is 3.27. The number of nitrogens with zero attached hydrogens (tertiary/aromatic N) is 2. The Balaban J connectivity index is 0.00000200. The first-order valence-electron chi connectivity index (χ1n) is 7.13. The molecule has 0 radical (unpaired) electrons. The van der Waals surface area contributed by atoms with E-state index in [-0.39, 0.29) is 30.3 Å². The number of hydrogen-bond acceptors (Lipinski definition) is 4. The lowest BCUT2D eigenvalue weighted by molar-refractivity contribution is -0.138. The molecule has 0 aromatic rings. The van der Waals surface area contributed by atoms with Crippen LogP contribution in [0.1, 0.15) is 19.8 Å². The lowest BCUT2D eigenvalue weighted by Crippen LogP contribution is -2.52. The zero-order valence-corrected chi connectivity index (χ0v) is 12.8. The topological polar surface area (TPSA) is 61.9 Å². The quantitative estimate of drug-likeness (QED) is 0.816. The van der Waals surface area contributed by atoms with Crippen LogP contribution < -0.4 is 5.32 Å². The summed E-state index contributed by atoms with van der Waals surface area (Å²) < 4.78 is 4.97. The van der Waals surface area contributed by atoms with Crippen molar-refractivity contribution < 1.29 is 14.3 Å². The van der Waals surface area contributed by atoms with Gasteiger partial charge in [0.15, 0.2) is 0 Å². The fourth-order valence-electron chi connectivity index (χ4n) is 2.65. The molecule has 2 rings (SSSR count).